The molecule has 1 fully saturated rings. The largest absolute Gasteiger partial charge is 0.741 e. The van der Waals surface area contributed by atoms with E-state index in [2.05, 4.69) is 36.3 Å². The number of aromatic nitrogens is 2. The third kappa shape index (κ3) is 10.1. The van der Waals surface area contributed by atoms with Crippen molar-refractivity contribution < 1.29 is 54.4 Å². The molecule has 0 saturated carbocycles. The van der Waals surface area contributed by atoms with Gasteiger partial charge in [-0.25, -0.2) is 22.8 Å². The molecule has 2 aliphatic rings. The number of thioether (sulfide) groups is 1. The third-order valence-electron chi connectivity index (χ3n) is 8.67. The van der Waals surface area contributed by atoms with Crippen LogP contribution in [0.2, 0.25) is 19.6 Å². The molecule has 13 nitrogen and oxygen atoms in total. The molecular weight excluding hydrogens is 814 g/mol. The Kier molecular flexibility index (Phi) is 12.9. The van der Waals surface area contributed by atoms with Gasteiger partial charge in [-0.05, 0) is 50.3 Å². The third-order valence-corrected chi connectivity index (χ3v) is 12.5. The van der Waals surface area contributed by atoms with Gasteiger partial charge in [0.15, 0.2) is 41.7 Å². The molecule has 2 aliphatic heterocycles. The number of β-lactam (4-membered cyclic amide) rings is 1. The number of carbonyl (C=O) groups is 2. The Balaban J connectivity index is 0.000000677. The average Bonchev–Trinajstić information content (AvgIpc) is 3.67. The zero-order valence-electron chi connectivity index (χ0n) is 30.6. The highest BCUT2D eigenvalue weighted by atomic mass is 32.2. The maximum Gasteiger partial charge on any atom is 0.485 e. The zero-order chi connectivity index (χ0) is 41.2. The van der Waals surface area contributed by atoms with Gasteiger partial charge in [-0.1, -0.05) is 43.0 Å². The summed E-state index contributed by atoms with van der Waals surface area (Å²) < 4.78 is 73.8. The maximum absolute atomic E-state index is 13.8. The van der Waals surface area contributed by atoms with Crippen LogP contribution in [0, 0.1) is 22.0 Å². The van der Waals surface area contributed by atoms with Crippen LogP contribution in [0.15, 0.2) is 99.4 Å². The molecular formula is C36H37F3N4O9S3Si. The highest BCUT2D eigenvalue weighted by molar-refractivity contribution is 8.04. The Morgan fingerprint density at radius 3 is 2.32 bits per heavy atom. The number of rotatable bonds is 12. The number of fused-ring (bicyclic) bond motifs is 1. The summed E-state index contributed by atoms with van der Waals surface area (Å²) in [5.41, 5.74) is -1.86. The summed E-state index contributed by atoms with van der Waals surface area (Å²) >= 11 is 2.89. The Hall–Kier alpha value is -4.47. The van der Waals surface area contributed by atoms with Crippen molar-refractivity contribution in [3.63, 3.8) is 0 Å². The molecule has 56 heavy (non-hydrogen) atoms. The van der Waals surface area contributed by atoms with Crippen molar-refractivity contribution in [2.45, 2.75) is 68.6 Å². The van der Waals surface area contributed by atoms with Crippen LogP contribution in [0.5, 0.6) is 0 Å². The molecule has 0 unspecified atom stereocenters. The monoisotopic (exact) mass is 850 g/mol. The van der Waals surface area contributed by atoms with Crippen LogP contribution in [0.25, 0.3) is 11.3 Å². The van der Waals surface area contributed by atoms with Gasteiger partial charge in [0.2, 0.25) is 5.91 Å². The van der Waals surface area contributed by atoms with E-state index in [0.29, 0.717) is 5.56 Å². The molecule has 4 aromatic rings. The predicted octanol–water partition coefficient (Wildman–Crippen LogP) is 6.87. The van der Waals surface area contributed by atoms with Crippen LogP contribution < -0.4 is 4.57 Å². The Morgan fingerprint density at radius 2 is 1.73 bits per heavy atom. The summed E-state index contributed by atoms with van der Waals surface area (Å²) in [4.78, 5) is 45.3. The van der Waals surface area contributed by atoms with E-state index in [1.165, 1.54) is 35.2 Å². The van der Waals surface area contributed by atoms with Crippen molar-refractivity contribution in [3.05, 3.63) is 116 Å². The molecule has 298 valence electrons. The lowest BCUT2D eigenvalue weighted by molar-refractivity contribution is -0.688. The van der Waals surface area contributed by atoms with E-state index in [1.807, 2.05) is 62.0 Å². The number of nitrogens with zero attached hydrogens (tertiary/aromatic N) is 4. The fraction of sp³-hybridized carbons (Fsp3) is 0.333. The lowest BCUT2D eigenvalue weighted by Gasteiger charge is -2.48. The molecule has 6 rings (SSSR count). The number of amides is 1. The second-order valence-corrected chi connectivity index (χ2v) is 21.9. The van der Waals surface area contributed by atoms with Crippen molar-refractivity contribution in [1.82, 2.24) is 9.88 Å². The summed E-state index contributed by atoms with van der Waals surface area (Å²) in [6.45, 7) is 10.9. The van der Waals surface area contributed by atoms with Crippen molar-refractivity contribution in [2.75, 3.05) is 0 Å². The van der Waals surface area contributed by atoms with Crippen molar-refractivity contribution in [3.8, 4) is 11.3 Å². The molecule has 20 heteroatoms. The summed E-state index contributed by atoms with van der Waals surface area (Å²) in [7, 11) is -8.02. The number of carbonyl (C=O) groups excluding carboxylic acids is 2. The molecule has 0 bridgehead atoms. The topological polar surface area (TPSA) is 173 Å². The second kappa shape index (κ2) is 16.9. The predicted molar refractivity (Wildman–Crippen MR) is 202 cm³/mol. The average molecular weight is 851 g/mol. The summed E-state index contributed by atoms with van der Waals surface area (Å²) in [6, 6.07) is 19.9. The van der Waals surface area contributed by atoms with Crippen molar-refractivity contribution >= 4 is 59.1 Å². The molecule has 4 heterocycles. The quantitative estimate of drug-likeness (QED) is 0.0213. The normalized spacial score (nSPS) is 18.8. The number of hydrogen-bond acceptors (Lipinski definition) is 12. The molecule has 0 N–H and O–H groups in total. The fourth-order valence-corrected chi connectivity index (χ4v) is 9.66. The molecule has 1 amide bonds. The zero-order valence-corrected chi connectivity index (χ0v) is 34.1. The number of nitro benzene ring substituents is 1. The van der Waals surface area contributed by atoms with E-state index in [1.54, 1.807) is 17.0 Å². The van der Waals surface area contributed by atoms with E-state index in [-0.39, 0.29) is 47.9 Å². The number of pyridine rings is 1. The van der Waals surface area contributed by atoms with E-state index < -0.39 is 34.8 Å². The molecule has 1 saturated heterocycles. The van der Waals surface area contributed by atoms with Gasteiger partial charge >= 0.3 is 11.5 Å². The second-order valence-electron chi connectivity index (χ2n) is 13.9. The summed E-state index contributed by atoms with van der Waals surface area (Å²) in [6.07, 6.45) is 3.78. The summed E-state index contributed by atoms with van der Waals surface area (Å²) in [5, 5.41) is 13.1. The van der Waals surface area contributed by atoms with Crippen LogP contribution in [0.4, 0.5) is 18.9 Å². The minimum absolute atomic E-state index is 0.0459. The van der Waals surface area contributed by atoms with Crippen LogP contribution in [0.3, 0.4) is 0 Å². The number of esters is 1. The lowest BCUT2D eigenvalue weighted by Crippen LogP contribution is -2.64. The molecule has 0 aliphatic carbocycles. The van der Waals surface area contributed by atoms with Gasteiger partial charge in [0.25, 0.3) is 5.69 Å². The van der Waals surface area contributed by atoms with Crippen LogP contribution in [-0.4, -0.2) is 65.6 Å². The highest BCUT2D eigenvalue weighted by Gasteiger charge is 2.61. The van der Waals surface area contributed by atoms with E-state index in [4.69, 9.17) is 27.1 Å². The van der Waals surface area contributed by atoms with E-state index >= 15 is 0 Å². The van der Waals surface area contributed by atoms with Gasteiger partial charge in [-0.15, -0.1) is 11.3 Å². The smallest absolute Gasteiger partial charge is 0.485 e. The number of thiazole rings is 1. The van der Waals surface area contributed by atoms with Gasteiger partial charge in [0.1, 0.15) is 12.3 Å². The van der Waals surface area contributed by atoms with Gasteiger partial charge in [0, 0.05) is 51.6 Å². The number of ether oxygens (including phenoxy) is 1. The van der Waals surface area contributed by atoms with Crippen LogP contribution in [-0.2, 0) is 42.0 Å². The Labute approximate surface area is 330 Å². The minimum Gasteiger partial charge on any atom is -0.741 e. The van der Waals surface area contributed by atoms with E-state index in [0.717, 1.165) is 32.6 Å². The molecule has 0 radical (unpaired) electrons. The van der Waals surface area contributed by atoms with Crippen molar-refractivity contribution in [2.24, 2.45) is 11.8 Å². The number of nitro groups is 1. The van der Waals surface area contributed by atoms with Crippen molar-refractivity contribution in [1.29, 1.82) is 0 Å². The minimum atomic E-state index is -6.09. The SMILES string of the molecule is C[C@@H](O[Si](C)(C)C)[C@H]1C(=O)N2C(C(=O)OCc3ccc([N+](=O)[O-])cc3)=C(Sc3nc(-c4cccc(C[n+]5ccccc5)c4)cs3)[C@H](C)[C@H]12.O=S(=O)([O-])C(F)(F)F. The number of halogens is 3. The number of non-ortho nitro benzene ring substituents is 1. The standard InChI is InChI=1S/C35H37N4O6S2Si.CHF3O3S/c1-22-30-29(23(2)45-48(3,4)5)33(40)38(30)31(34(41)44-20-24-12-14-27(15-13-24)39(42)43)32(22)47-35-36-28(21-46-35)26-11-9-10-25(18-26)19-37-16-7-6-8-17-37;2-1(3,4)8(5,6)7/h6-18,21-23,29-30H,19-20H2,1-5H3;(H,5,6,7)/q+1;/p-1/t22-,23-,29-,30-;/m1./s1. The van der Waals surface area contributed by atoms with Gasteiger partial charge < -0.3 is 18.6 Å². The van der Waals surface area contributed by atoms with E-state index in [9.17, 15) is 32.9 Å². The summed E-state index contributed by atoms with van der Waals surface area (Å²) in [5.74, 6) is -1.28. The Morgan fingerprint density at radius 1 is 1.09 bits per heavy atom. The highest BCUT2D eigenvalue weighted by Crippen LogP contribution is 2.53. The fourth-order valence-electron chi connectivity index (χ4n) is 6.31. The first-order valence-corrected chi connectivity index (χ1v) is 23.5. The maximum atomic E-state index is 13.8. The first kappa shape index (κ1) is 42.7. The van der Waals surface area contributed by atoms with Gasteiger partial charge in [0.05, 0.1) is 28.7 Å². The lowest BCUT2D eigenvalue weighted by atomic mass is 9.79. The van der Waals surface area contributed by atoms with Crippen LogP contribution in [0.1, 0.15) is 25.0 Å². The number of hydrogen-bond donors (Lipinski definition) is 0. The molecule has 2 aromatic heterocycles. The van der Waals surface area contributed by atoms with Gasteiger partial charge in [-0.3, -0.25) is 14.9 Å². The molecule has 4 atom stereocenters. The number of alkyl halides is 3. The first-order valence-electron chi connectivity index (χ1n) is 17.0. The van der Waals surface area contributed by atoms with Crippen LogP contribution >= 0.6 is 23.1 Å². The molecule has 2 aromatic carbocycles. The first-order chi connectivity index (χ1) is 26.1. The van der Waals surface area contributed by atoms with Gasteiger partial charge in [-0.2, -0.15) is 13.2 Å². The Bertz CT molecular complexity index is 2230. The number of benzene rings is 2. The molecule has 0 spiro atoms.